The molecule has 2 aliphatic rings. The van der Waals surface area contributed by atoms with Crippen LogP contribution in [0.25, 0.3) is 0 Å². The molecule has 0 radical (unpaired) electrons. The summed E-state index contributed by atoms with van der Waals surface area (Å²) < 4.78 is 7.16. The van der Waals surface area contributed by atoms with Crippen LogP contribution in [0.5, 0.6) is 0 Å². The van der Waals surface area contributed by atoms with Gasteiger partial charge in [0.25, 0.3) is 5.91 Å². The molecule has 4 heterocycles. The molecule has 1 spiro atoms. The van der Waals surface area contributed by atoms with Crippen LogP contribution in [0, 0.1) is 25.2 Å². The van der Waals surface area contributed by atoms with Crippen molar-refractivity contribution in [2.24, 2.45) is 11.3 Å². The van der Waals surface area contributed by atoms with Crippen LogP contribution in [0.1, 0.15) is 52.2 Å². The Bertz CT molecular complexity index is 1160. The van der Waals surface area contributed by atoms with Crippen LogP contribution in [0.4, 0.5) is 0 Å². The molecule has 1 unspecified atom stereocenters. The molecule has 1 aliphatic carbocycles. The third-order valence-electron chi connectivity index (χ3n) is 7.06. The molecular weight excluding hydrogens is 420 g/mol. The fourth-order valence-corrected chi connectivity index (χ4v) is 5.05. The van der Waals surface area contributed by atoms with E-state index in [1.807, 2.05) is 32.2 Å². The van der Waals surface area contributed by atoms with Gasteiger partial charge < -0.3 is 14.7 Å². The van der Waals surface area contributed by atoms with E-state index in [9.17, 15) is 9.59 Å². The topological polar surface area (TPSA) is 106 Å². The van der Waals surface area contributed by atoms with Crippen LogP contribution >= 0.6 is 0 Å². The number of aromatic nitrogens is 4. The standard InChI is InChI=1S/C24H28N6O3/c1-16-9-27-30(12-16)13-19-17(2)33-28-21(19)23(32)29-14-20(24(15-29)6-4-7-24)22(31)26-11-18-5-3-8-25-10-18/h3,5,8-10,12,20H,4,6-7,11,13-15H2,1-2H3,(H,26,31). The van der Waals surface area contributed by atoms with Crippen molar-refractivity contribution in [3.8, 4) is 0 Å². The largest absolute Gasteiger partial charge is 0.361 e. The summed E-state index contributed by atoms with van der Waals surface area (Å²) in [6.07, 6.45) is 10.2. The van der Waals surface area contributed by atoms with Crippen LogP contribution < -0.4 is 5.32 Å². The quantitative estimate of drug-likeness (QED) is 0.621. The summed E-state index contributed by atoms with van der Waals surface area (Å²) in [5, 5.41) is 11.5. The Hall–Kier alpha value is -3.49. The van der Waals surface area contributed by atoms with Gasteiger partial charge in [-0.1, -0.05) is 17.6 Å². The van der Waals surface area contributed by atoms with Gasteiger partial charge >= 0.3 is 0 Å². The highest BCUT2D eigenvalue weighted by Gasteiger charge is 2.54. The predicted octanol–water partition coefficient (Wildman–Crippen LogP) is 2.49. The van der Waals surface area contributed by atoms with E-state index in [1.165, 1.54) is 0 Å². The van der Waals surface area contributed by atoms with Gasteiger partial charge in [0.05, 0.1) is 18.7 Å². The van der Waals surface area contributed by atoms with Gasteiger partial charge in [-0.15, -0.1) is 0 Å². The third-order valence-corrected chi connectivity index (χ3v) is 7.06. The highest BCUT2D eigenvalue weighted by Crippen LogP contribution is 2.52. The van der Waals surface area contributed by atoms with E-state index in [-0.39, 0.29) is 23.1 Å². The molecule has 172 valence electrons. The zero-order valence-corrected chi connectivity index (χ0v) is 19.0. The van der Waals surface area contributed by atoms with Crippen molar-refractivity contribution in [3.63, 3.8) is 0 Å². The van der Waals surface area contributed by atoms with E-state index >= 15 is 0 Å². The van der Waals surface area contributed by atoms with Crippen molar-refractivity contribution >= 4 is 11.8 Å². The van der Waals surface area contributed by atoms with Crippen molar-refractivity contribution < 1.29 is 14.1 Å². The zero-order chi connectivity index (χ0) is 23.0. The Labute approximate surface area is 192 Å². The van der Waals surface area contributed by atoms with Gasteiger partial charge in [-0.2, -0.15) is 5.10 Å². The summed E-state index contributed by atoms with van der Waals surface area (Å²) in [5.41, 5.74) is 2.90. The molecule has 3 aromatic heterocycles. The SMILES string of the molecule is Cc1cnn(Cc2c(C(=O)N3CC(C(=O)NCc4cccnc4)C4(CCC4)C3)noc2C)c1. The number of likely N-dealkylation sites (tertiary alicyclic amines) is 1. The molecule has 1 N–H and O–H groups in total. The van der Waals surface area contributed by atoms with Gasteiger partial charge in [-0.05, 0) is 43.9 Å². The molecule has 0 bridgehead atoms. The molecule has 0 aromatic carbocycles. The maximum atomic E-state index is 13.5. The van der Waals surface area contributed by atoms with Crippen molar-refractivity contribution in [1.29, 1.82) is 0 Å². The summed E-state index contributed by atoms with van der Waals surface area (Å²) in [4.78, 5) is 32.5. The number of nitrogens with one attached hydrogen (secondary N) is 1. The van der Waals surface area contributed by atoms with Crippen LogP contribution in [-0.4, -0.2) is 49.7 Å². The molecule has 1 saturated heterocycles. The molecule has 2 fully saturated rings. The Kier molecular flexibility index (Phi) is 5.47. The Morgan fingerprint density at radius 3 is 2.79 bits per heavy atom. The van der Waals surface area contributed by atoms with E-state index in [2.05, 4.69) is 20.6 Å². The molecule has 3 aromatic rings. The van der Waals surface area contributed by atoms with E-state index < -0.39 is 0 Å². The Balaban J connectivity index is 1.31. The van der Waals surface area contributed by atoms with Crippen molar-refractivity contribution in [1.82, 2.24) is 30.1 Å². The number of hydrogen-bond donors (Lipinski definition) is 1. The average molecular weight is 449 g/mol. The zero-order valence-electron chi connectivity index (χ0n) is 19.0. The number of hydrogen-bond acceptors (Lipinski definition) is 6. The monoisotopic (exact) mass is 448 g/mol. The molecular formula is C24H28N6O3. The Morgan fingerprint density at radius 1 is 1.27 bits per heavy atom. The molecule has 5 rings (SSSR count). The summed E-state index contributed by atoms with van der Waals surface area (Å²) >= 11 is 0. The normalized spacial score (nSPS) is 19.0. The minimum Gasteiger partial charge on any atom is -0.361 e. The maximum absolute atomic E-state index is 13.5. The van der Waals surface area contributed by atoms with E-state index in [1.54, 1.807) is 28.2 Å². The number of amides is 2. The number of nitrogens with zero attached hydrogens (tertiary/aromatic N) is 5. The molecule has 1 aliphatic heterocycles. The van der Waals surface area contributed by atoms with Crippen molar-refractivity contribution in [2.45, 2.75) is 46.2 Å². The first-order chi connectivity index (χ1) is 15.9. The highest BCUT2D eigenvalue weighted by atomic mass is 16.5. The summed E-state index contributed by atoms with van der Waals surface area (Å²) in [7, 11) is 0. The number of aryl methyl sites for hydroxylation is 2. The molecule has 9 heteroatoms. The van der Waals surface area contributed by atoms with Crippen molar-refractivity contribution in [3.05, 3.63) is 65.1 Å². The highest BCUT2D eigenvalue weighted by molar-refractivity contribution is 5.95. The maximum Gasteiger partial charge on any atom is 0.276 e. The first kappa shape index (κ1) is 21.4. The fourth-order valence-electron chi connectivity index (χ4n) is 5.05. The summed E-state index contributed by atoms with van der Waals surface area (Å²) in [6, 6.07) is 3.79. The second kappa shape index (κ2) is 8.46. The lowest BCUT2D eigenvalue weighted by Gasteiger charge is -2.41. The van der Waals surface area contributed by atoms with E-state index in [0.717, 1.165) is 36.0 Å². The van der Waals surface area contributed by atoms with Gasteiger partial charge in [0, 0.05) is 49.2 Å². The average Bonchev–Trinajstić information content (AvgIpc) is 3.50. The molecule has 1 saturated carbocycles. The smallest absolute Gasteiger partial charge is 0.276 e. The van der Waals surface area contributed by atoms with Crippen LogP contribution in [0.2, 0.25) is 0 Å². The number of rotatable bonds is 6. The molecule has 33 heavy (non-hydrogen) atoms. The lowest BCUT2D eigenvalue weighted by atomic mass is 9.62. The predicted molar refractivity (Wildman–Crippen MR) is 119 cm³/mol. The lowest BCUT2D eigenvalue weighted by molar-refractivity contribution is -0.129. The second-order valence-corrected chi connectivity index (χ2v) is 9.31. The molecule has 2 amide bonds. The van der Waals surface area contributed by atoms with Crippen molar-refractivity contribution in [2.75, 3.05) is 13.1 Å². The van der Waals surface area contributed by atoms with Gasteiger partial charge in [0.1, 0.15) is 5.76 Å². The fraction of sp³-hybridized carbons (Fsp3) is 0.458. The second-order valence-electron chi connectivity index (χ2n) is 9.31. The first-order valence-electron chi connectivity index (χ1n) is 11.4. The van der Waals surface area contributed by atoms with Crippen LogP contribution in [0.15, 0.2) is 41.4 Å². The number of carbonyl (C=O) groups is 2. The van der Waals surface area contributed by atoms with Gasteiger partial charge in [-0.3, -0.25) is 19.3 Å². The summed E-state index contributed by atoms with van der Waals surface area (Å²) in [5.74, 6) is 0.198. The third kappa shape index (κ3) is 4.03. The molecule has 9 nitrogen and oxygen atoms in total. The van der Waals surface area contributed by atoms with E-state index in [4.69, 9.17) is 4.52 Å². The van der Waals surface area contributed by atoms with E-state index in [0.29, 0.717) is 37.6 Å². The van der Waals surface area contributed by atoms with Gasteiger partial charge in [-0.25, -0.2) is 0 Å². The first-order valence-corrected chi connectivity index (χ1v) is 11.4. The minimum atomic E-state index is -0.225. The van der Waals surface area contributed by atoms with Crippen LogP contribution in [-0.2, 0) is 17.9 Å². The Morgan fingerprint density at radius 2 is 2.12 bits per heavy atom. The summed E-state index contributed by atoms with van der Waals surface area (Å²) in [6.45, 7) is 5.59. The minimum absolute atomic E-state index is 0.00238. The lowest BCUT2D eigenvalue weighted by Crippen LogP contribution is -2.45. The van der Waals surface area contributed by atoms with Crippen LogP contribution in [0.3, 0.4) is 0 Å². The number of pyridine rings is 1. The van der Waals surface area contributed by atoms with Gasteiger partial charge in [0.2, 0.25) is 5.91 Å². The number of carbonyl (C=O) groups excluding carboxylic acids is 2. The van der Waals surface area contributed by atoms with Gasteiger partial charge in [0.15, 0.2) is 5.69 Å². The molecule has 1 atom stereocenters.